The minimum atomic E-state index is 0.133. The molecule has 0 radical (unpaired) electrons. The average molecular weight is 362 g/mol. The van der Waals surface area contributed by atoms with Gasteiger partial charge in [0.25, 0.3) is 0 Å². The molecule has 0 bridgehead atoms. The number of methoxy groups -OCH3 is 1. The van der Waals surface area contributed by atoms with Crippen LogP contribution >= 0.6 is 0 Å². The third-order valence-electron chi connectivity index (χ3n) is 4.96. The number of aromatic nitrogens is 3. The molecule has 1 saturated heterocycles. The van der Waals surface area contributed by atoms with Crippen LogP contribution in [-0.4, -0.2) is 46.0 Å². The van der Waals surface area contributed by atoms with Crippen LogP contribution in [0, 0.1) is 0 Å². The summed E-state index contributed by atoms with van der Waals surface area (Å²) in [5.41, 5.74) is 2.87. The van der Waals surface area contributed by atoms with E-state index in [4.69, 9.17) is 4.74 Å². The van der Waals surface area contributed by atoms with Gasteiger partial charge in [-0.05, 0) is 24.1 Å². The molecular formula is C21H22N4O2. The average Bonchev–Trinajstić information content (AvgIpc) is 3.38. The second kappa shape index (κ2) is 7.61. The number of amides is 1. The van der Waals surface area contributed by atoms with E-state index in [-0.39, 0.29) is 11.9 Å². The molecule has 6 nitrogen and oxygen atoms in total. The Morgan fingerprint density at radius 2 is 2.04 bits per heavy atom. The van der Waals surface area contributed by atoms with Gasteiger partial charge in [-0.3, -0.25) is 4.79 Å². The van der Waals surface area contributed by atoms with E-state index in [2.05, 4.69) is 10.3 Å². The number of rotatable bonds is 5. The molecule has 1 aromatic heterocycles. The summed E-state index contributed by atoms with van der Waals surface area (Å²) in [4.78, 5) is 14.6. The summed E-state index contributed by atoms with van der Waals surface area (Å²) in [6.45, 7) is 1.41. The van der Waals surface area contributed by atoms with E-state index in [1.165, 1.54) is 0 Å². The van der Waals surface area contributed by atoms with Crippen LogP contribution in [-0.2, 0) is 11.2 Å². The first kappa shape index (κ1) is 17.3. The van der Waals surface area contributed by atoms with Crippen LogP contribution in [0.4, 0.5) is 0 Å². The largest absolute Gasteiger partial charge is 0.497 e. The third-order valence-corrected chi connectivity index (χ3v) is 4.96. The highest BCUT2D eigenvalue weighted by Gasteiger charge is 2.28. The molecule has 1 aliphatic rings. The monoisotopic (exact) mass is 362 g/mol. The molecule has 27 heavy (non-hydrogen) atoms. The summed E-state index contributed by atoms with van der Waals surface area (Å²) in [7, 11) is 1.63. The standard InChI is InChI=1S/C21H22N4O2/c1-27-19-9-5-6-16(12-19)13-21(26)24-11-10-18(14-24)25-15-20(22-23-25)17-7-3-2-4-8-17/h2-9,12,15,18H,10-11,13-14H2,1H3. The van der Waals surface area contributed by atoms with Gasteiger partial charge >= 0.3 is 0 Å². The Balaban J connectivity index is 1.40. The smallest absolute Gasteiger partial charge is 0.227 e. The van der Waals surface area contributed by atoms with Crippen molar-refractivity contribution < 1.29 is 9.53 Å². The summed E-state index contributed by atoms with van der Waals surface area (Å²) in [5, 5.41) is 8.57. The molecule has 4 rings (SSSR count). The molecule has 1 aliphatic heterocycles. The molecule has 0 spiro atoms. The van der Waals surface area contributed by atoms with Crippen molar-refractivity contribution in [3.8, 4) is 17.0 Å². The molecule has 138 valence electrons. The lowest BCUT2D eigenvalue weighted by molar-refractivity contribution is -0.129. The lowest BCUT2D eigenvalue weighted by atomic mass is 10.1. The zero-order chi connectivity index (χ0) is 18.6. The van der Waals surface area contributed by atoms with E-state index in [9.17, 15) is 4.79 Å². The minimum absolute atomic E-state index is 0.133. The molecule has 0 saturated carbocycles. The van der Waals surface area contributed by atoms with Crippen LogP contribution in [0.5, 0.6) is 5.75 Å². The fourth-order valence-corrected chi connectivity index (χ4v) is 3.45. The lowest BCUT2D eigenvalue weighted by Gasteiger charge is -2.16. The number of benzene rings is 2. The molecule has 0 aliphatic carbocycles. The summed E-state index contributed by atoms with van der Waals surface area (Å²) < 4.78 is 7.12. The van der Waals surface area contributed by atoms with E-state index < -0.39 is 0 Å². The molecule has 6 heteroatoms. The van der Waals surface area contributed by atoms with Gasteiger partial charge in [-0.15, -0.1) is 5.10 Å². The predicted octanol–water partition coefficient (Wildman–Crippen LogP) is 2.97. The van der Waals surface area contributed by atoms with Gasteiger partial charge in [0.05, 0.1) is 25.8 Å². The highest BCUT2D eigenvalue weighted by molar-refractivity contribution is 5.79. The number of carbonyl (C=O) groups excluding carboxylic acids is 1. The SMILES string of the molecule is COc1cccc(CC(=O)N2CCC(n3cc(-c4ccccc4)nn3)C2)c1. The second-order valence-electron chi connectivity index (χ2n) is 6.76. The number of hydrogen-bond acceptors (Lipinski definition) is 4. The van der Waals surface area contributed by atoms with Gasteiger partial charge in [-0.1, -0.05) is 47.7 Å². The molecule has 1 unspecified atom stereocenters. The normalized spacial score (nSPS) is 16.5. The van der Waals surface area contributed by atoms with Gasteiger partial charge in [-0.2, -0.15) is 0 Å². The van der Waals surface area contributed by atoms with Crippen molar-refractivity contribution in [3.05, 3.63) is 66.4 Å². The van der Waals surface area contributed by atoms with Crippen molar-refractivity contribution in [2.75, 3.05) is 20.2 Å². The quantitative estimate of drug-likeness (QED) is 0.700. The number of hydrogen-bond donors (Lipinski definition) is 0. The summed E-state index contributed by atoms with van der Waals surface area (Å²) in [5.74, 6) is 0.907. The molecule has 1 atom stereocenters. The van der Waals surface area contributed by atoms with Crippen molar-refractivity contribution >= 4 is 5.91 Å². The summed E-state index contributed by atoms with van der Waals surface area (Å²) >= 11 is 0. The van der Waals surface area contributed by atoms with E-state index in [0.29, 0.717) is 13.0 Å². The van der Waals surface area contributed by atoms with Crippen LogP contribution < -0.4 is 4.74 Å². The van der Waals surface area contributed by atoms with Gasteiger partial charge in [0.2, 0.25) is 5.91 Å². The number of nitrogens with zero attached hydrogens (tertiary/aromatic N) is 4. The Labute approximate surface area is 158 Å². The fourth-order valence-electron chi connectivity index (χ4n) is 3.45. The van der Waals surface area contributed by atoms with Gasteiger partial charge in [0.1, 0.15) is 11.4 Å². The van der Waals surface area contributed by atoms with E-state index >= 15 is 0 Å². The first-order chi connectivity index (χ1) is 13.2. The van der Waals surface area contributed by atoms with E-state index in [1.807, 2.05) is 70.4 Å². The van der Waals surface area contributed by atoms with E-state index in [1.54, 1.807) is 7.11 Å². The highest BCUT2D eigenvalue weighted by Crippen LogP contribution is 2.24. The predicted molar refractivity (Wildman–Crippen MR) is 102 cm³/mol. The van der Waals surface area contributed by atoms with Crippen molar-refractivity contribution in [3.63, 3.8) is 0 Å². The maximum absolute atomic E-state index is 12.7. The number of ether oxygens (including phenoxy) is 1. The third kappa shape index (κ3) is 3.84. The zero-order valence-electron chi connectivity index (χ0n) is 15.3. The Kier molecular flexibility index (Phi) is 4.87. The summed E-state index contributed by atoms with van der Waals surface area (Å²) in [6.07, 6.45) is 3.24. The Morgan fingerprint density at radius 1 is 1.19 bits per heavy atom. The molecule has 3 aromatic rings. The maximum Gasteiger partial charge on any atom is 0.227 e. The topological polar surface area (TPSA) is 60.2 Å². The first-order valence-electron chi connectivity index (χ1n) is 9.11. The van der Waals surface area contributed by atoms with Crippen LogP contribution in [0.15, 0.2) is 60.8 Å². The second-order valence-corrected chi connectivity index (χ2v) is 6.76. The van der Waals surface area contributed by atoms with Crippen molar-refractivity contribution in [2.45, 2.75) is 18.9 Å². The lowest BCUT2D eigenvalue weighted by Crippen LogP contribution is -2.30. The molecule has 2 aromatic carbocycles. The van der Waals surface area contributed by atoms with Crippen molar-refractivity contribution in [1.82, 2.24) is 19.9 Å². The van der Waals surface area contributed by atoms with E-state index in [0.717, 1.165) is 35.5 Å². The highest BCUT2D eigenvalue weighted by atomic mass is 16.5. The Bertz CT molecular complexity index is 923. The van der Waals surface area contributed by atoms with Crippen LogP contribution in [0.1, 0.15) is 18.0 Å². The minimum Gasteiger partial charge on any atom is -0.497 e. The molecule has 0 N–H and O–H groups in total. The first-order valence-corrected chi connectivity index (χ1v) is 9.11. The zero-order valence-corrected chi connectivity index (χ0v) is 15.3. The van der Waals surface area contributed by atoms with Crippen LogP contribution in [0.3, 0.4) is 0 Å². The Morgan fingerprint density at radius 3 is 2.85 bits per heavy atom. The molecule has 2 heterocycles. The maximum atomic E-state index is 12.7. The van der Waals surface area contributed by atoms with Crippen molar-refractivity contribution in [2.24, 2.45) is 0 Å². The van der Waals surface area contributed by atoms with Crippen molar-refractivity contribution in [1.29, 1.82) is 0 Å². The van der Waals surface area contributed by atoms with Crippen LogP contribution in [0.2, 0.25) is 0 Å². The fraction of sp³-hybridized carbons (Fsp3) is 0.286. The summed E-state index contributed by atoms with van der Waals surface area (Å²) in [6, 6.07) is 17.8. The Hall–Kier alpha value is -3.15. The van der Waals surface area contributed by atoms with Gasteiger partial charge < -0.3 is 9.64 Å². The number of likely N-dealkylation sites (tertiary alicyclic amines) is 1. The molecular weight excluding hydrogens is 340 g/mol. The number of carbonyl (C=O) groups is 1. The van der Waals surface area contributed by atoms with Gasteiger partial charge in [-0.25, -0.2) is 4.68 Å². The molecule has 1 fully saturated rings. The van der Waals surface area contributed by atoms with Crippen LogP contribution in [0.25, 0.3) is 11.3 Å². The molecule has 1 amide bonds. The van der Waals surface area contributed by atoms with Gasteiger partial charge in [0, 0.05) is 18.7 Å². The van der Waals surface area contributed by atoms with Gasteiger partial charge in [0.15, 0.2) is 0 Å².